The van der Waals surface area contributed by atoms with Gasteiger partial charge in [-0.3, -0.25) is 9.10 Å². The number of hydrogen-bond donors (Lipinski definition) is 1. The molecule has 4 rings (SSSR count). The smallest absolute Gasteiger partial charge is 0.264 e. The van der Waals surface area contributed by atoms with E-state index in [0.717, 1.165) is 30.5 Å². The van der Waals surface area contributed by atoms with Crippen LogP contribution >= 0.6 is 0 Å². The van der Waals surface area contributed by atoms with Crippen LogP contribution in [0.2, 0.25) is 0 Å². The van der Waals surface area contributed by atoms with Crippen LogP contribution in [0.15, 0.2) is 71.6 Å². The highest BCUT2D eigenvalue weighted by atomic mass is 32.2. The summed E-state index contributed by atoms with van der Waals surface area (Å²) in [6.45, 7) is 0.0202. The number of sulfonamides is 1. The number of carbonyl (C=O) groups excluding carboxylic acids is 1. The van der Waals surface area contributed by atoms with Gasteiger partial charge in [-0.15, -0.1) is 0 Å². The van der Waals surface area contributed by atoms with Gasteiger partial charge in [0.25, 0.3) is 15.9 Å². The number of carbonyl (C=O) groups is 1. The molecule has 166 valence electrons. The summed E-state index contributed by atoms with van der Waals surface area (Å²) < 4.78 is 59.3. The quantitative estimate of drug-likeness (QED) is 0.603. The molecule has 0 radical (unpaired) electrons. The highest BCUT2D eigenvalue weighted by molar-refractivity contribution is 7.92. The molecular formula is C23H20F2N2O4S. The van der Waals surface area contributed by atoms with Gasteiger partial charge in [0.2, 0.25) is 0 Å². The Hall–Kier alpha value is -3.46. The lowest BCUT2D eigenvalue weighted by Crippen LogP contribution is -2.35. The third-order valence-electron chi connectivity index (χ3n) is 5.05. The lowest BCUT2D eigenvalue weighted by atomic mass is 10.0. The monoisotopic (exact) mass is 458 g/mol. The van der Waals surface area contributed by atoms with Gasteiger partial charge in [-0.25, -0.2) is 17.2 Å². The van der Waals surface area contributed by atoms with Gasteiger partial charge in [-0.2, -0.15) is 0 Å². The molecule has 1 heterocycles. The lowest BCUT2D eigenvalue weighted by molar-refractivity contribution is -0.118. The van der Waals surface area contributed by atoms with E-state index in [4.69, 9.17) is 4.74 Å². The first kappa shape index (κ1) is 21.8. The number of benzene rings is 3. The van der Waals surface area contributed by atoms with Crippen molar-refractivity contribution in [2.75, 3.05) is 22.8 Å². The largest absolute Gasteiger partial charge is 0.484 e. The molecule has 0 aromatic heterocycles. The molecule has 32 heavy (non-hydrogen) atoms. The fraction of sp³-hybridized carbons (Fsp3) is 0.174. The summed E-state index contributed by atoms with van der Waals surface area (Å²) >= 11 is 0. The van der Waals surface area contributed by atoms with E-state index < -0.39 is 27.6 Å². The molecule has 1 aliphatic heterocycles. The highest BCUT2D eigenvalue weighted by Gasteiger charge is 2.28. The van der Waals surface area contributed by atoms with Gasteiger partial charge in [0.15, 0.2) is 18.2 Å². The number of nitrogens with zero attached hydrogens (tertiary/aromatic N) is 1. The summed E-state index contributed by atoms with van der Waals surface area (Å²) in [6.07, 6.45) is 1.58. The van der Waals surface area contributed by atoms with E-state index >= 15 is 0 Å². The molecule has 6 nitrogen and oxygen atoms in total. The lowest BCUT2D eigenvalue weighted by Gasteiger charge is -2.30. The van der Waals surface area contributed by atoms with Gasteiger partial charge in [-0.05, 0) is 60.9 Å². The molecule has 0 spiro atoms. The normalized spacial score (nSPS) is 13.4. The fourth-order valence-electron chi connectivity index (χ4n) is 3.50. The van der Waals surface area contributed by atoms with Crippen LogP contribution in [-0.4, -0.2) is 27.5 Å². The van der Waals surface area contributed by atoms with E-state index in [9.17, 15) is 22.0 Å². The van der Waals surface area contributed by atoms with Crippen LogP contribution in [-0.2, 0) is 21.2 Å². The molecule has 1 aliphatic rings. The van der Waals surface area contributed by atoms with Crippen molar-refractivity contribution in [2.24, 2.45) is 0 Å². The second-order valence-corrected chi connectivity index (χ2v) is 9.11. The second kappa shape index (κ2) is 8.96. The third kappa shape index (κ3) is 4.57. The Morgan fingerprint density at radius 1 is 1.00 bits per heavy atom. The van der Waals surface area contributed by atoms with Crippen molar-refractivity contribution in [1.29, 1.82) is 0 Å². The Labute approximate surface area is 184 Å². The zero-order valence-electron chi connectivity index (χ0n) is 16.9. The van der Waals surface area contributed by atoms with E-state index in [1.54, 1.807) is 6.07 Å². The zero-order valence-corrected chi connectivity index (χ0v) is 17.7. The first-order valence-corrected chi connectivity index (χ1v) is 11.4. The number of amides is 1. The Balaban J connectivity index is 1.41. The van der Waals surface area contributed by atoms with Gasteiger partial charge in [-0.1, -0.05) is 18.2 Å². The van der Waals surface area contributed by atoms with Crippen molar-refractivity contribution in [2.45, 2.75) is 17.7 Å². The molecule has 0 aliphatic carbocycles. The Morgan fingerprint density at radius 3 is 2.50 bits per heavy atom. The Bertz CT molecular complexity index is 1250. The first-order chi connectivity index (χ1) is 15.3. The highest BCUT2D eigenvalue weighted by Crippen LogP contribution is 2.32. The van der Waals surface area contributed by atoms with Crippen LogP contribution in [0.5, 0.6) is 5.75 Å². The minimum atomic E-state index is -3.74. The molecule has 0 unspecified atom stereocenters. The van der Waals surface area contributed by atoms with Crippen LogP contribution in [0.4, 0.5) is 20.2 Å². The molecule has 1 N–H and O–H groups in total. The second-order valence-electron chi connectivity index (χ2n) is 7.25. The molecule has 0 saturated heterocycles. The van der Waals surface area contributed by atoms with Crippen molar-refractivity contribution < 1.29 is 26.7 Å². The average molecular weight is 458 g/mol. The topological polar surface area (TPSA) is 75.7 Å². The predicted octanol–water partition coefficient (Wildman–Crippen LogP) is 4.12. The number of anilines is 2. The maximum atomic E-state index is 13.2. The number of fused-ring (bicyclic) bond motifs is 1. The summed E-state index contributed by atoms with van der Waals surface area (Å²) in [4.78, 5) is 12.1. The maximum absolute atomic E-state index is 13.2. The molecule has 0 saturated carbocycles. The average Bonchev–Trinajstić information content (AvgIpc) is 2.80. The van der Waals surface area contributed by atoms with Crippen LogP contribution in [0.25, 0.3) is 0 Å². The standard InChI is InChI=1S/C23H20F2N2O4S/c24-20-12-7-17(14-21(20)25)26-23(28)15-31-18-8-10-19(11-9-18)32(29,30)27-13-3-5-16-4-1-2-6-22(16)27/h1-2,4,6-12,14H,3,5,13,15H2,(H,26,28). The zero-order chi connectivity index (χ0) is 22.7. The van der Waals surface area contributed by atoms with E-state index in [0.29, 0.717) is 18.0 Å². The summed E-state index contributed by atoms with van der Waals surface area (Å²) in [7, 11) is -3.74. The van der Waals surface area contributed by atoms with E-state index in [-0.39, 0.29) is 17.2 Å². The third-order valence-corrected chi connectivity index (χ3v) is 6.88. The molecule has 3 aromatic carbocycles. The minimum absolute atomic E-state index is 0.0979. The fourth-order valence-corrected chi connectivity index (χ4v) is 5.04. The van der Waals surface area contributed by atoms with Gasteiger partial charge in [0, 0.05) is 18.3 Å². The minimum Gasteiger partial charge on any atom is -0.484 e. The Morgan fingerprint density at radius 2 is 1.75 bits per heavy atom. The first-order valence-electron chi connectivity index (χ1n) is 9.93. The Kier molecular flexibility index (Phi) is 6.09. The number of nitrogens with one attached hydrogen (secondary N) is 1. The molecule has 3 aromatic rings. The van der Waals surface area contributed by atoms with Crippen molar-refractivity contribution in [3.05, 3.63) is 83.9 Å². The van der Waals surface area contributed by atoms with Gasteiger partial charge < -0.3 is 10.1 Å². The predicted molar refractivity (Wildman–Crippen MR) is 116 cm³/mol. The van der Waals surface area contributed by atoms with Gasteiger partial charge >= 0.3 is 0 Å². The number of halogens is 2. The van der Waals surface area contributed by atoms with Crippen molar-refractivity contribution in [3.63, 3.8) is 0 Å². The summed E-state index contributed by atoms with van der Waals surface area (Å²) in [5.41, 5.74) is 1.78. The molecule has 0 atom stereocenters. The summed E-state index contributed by atoms with van der Waals surface area (Å²) in [5, 5.41) is 2.40. The molecule has 0 fully saturated rings. The number of aryl methyl sites for hydroxylation is 1. The van der Waals surface area contributed by atoms with Crippen molar-refractivity contribution in [1.82, 2.24) is 0 Å². The summed E-state index contributed by atoms with van der Waals surface area (Å²) in [6, 6.07) is 16.2. The van der Waals surface area contributed by atoms with Crippen LogP contribution in [0.1, 0.15) is 12.0 Å². The summed E-state index contributed by atoms with van der Waals surface area (Å²) in [5.74, 6) is -2.36. The van der Waals surface area contributed by atoms with Crippen molar-refractivity contribution >= 4 is 27.3 Å². The maximum Gasteiger partial charge on any atom is 0.264 e. The molecule has 1 amide bonds. The number of para-hydroxylation sites is 1. The SMILES string of the molecule is O=C(COc1ccc(S(=O)(=O)N2CCCc3ccccc32)cc1)Nc1ccc(F)c(F)c1. The molecule has 9 heteroatoms. The van der Waals surface area contributed by atoms with Crippen LogP contribution in [0.3, 0.4) is 0 Å². The van der Waals surface area contributed by atoms with Crippen LogP contribution in [0, 0.1) is 11.6 Å². The van der Waals surface area contributed by atoms with E-state index in [1.807, 2.05) is 18.2 Å². The van der Waals surface area contributed by atoms with E-state index in [2.05, 4.69) is 5.32 Å². The van der Waals surface area contributed by atoms with Crippen molar-refractivity contribution in [3.8, 4) is 5.75 Å². The molecular weight excluding hydrogens is 438 g/mol. The van der Waals surface area contributed by atoms with Crippen LogP contribution < -0.4 is 14.4 Å². The van der Waals surface area contributed by atoms with Gasteiger partial charge in [0.1, 0.15) is 5.75 Å². The number of rotatable bonds is 6. The van der Waals surface area contributed by atoms with Gasteiger partial charge in [0.05, 0.1) is 10.6 Å². The van der Waals surface area contributed by atoms with E-state index in [1.165, 1.54) is 34.6 Å². The number of ether oxygens (including phenoxy) is 1. The molecule has 0 bridgehead atoms. The number of hydrogen-bond acceptors (Lipinski definition) is 4.